The molecule has 0 aliphatic carbocycles. The van der Waals surface area contributed by atoms with Crippen molar-refractivity contribution in [3.63, 3.8) is 0 Å². The van der Waals surface area contributed by atoms with E-state index in [0.29, 0.717) is 30.2 Å². The molecule has 1 rings (SSSR count). The number of nitrogens with one attached hydrogen (secondary N) is 1. The van der Waals surface area contributed by atoms with Gasteiger partial charge in [-0.15, -0.1) is 0 Å². The minimum atomic E-state index is 0.314. The number of carbonyl (C=O) groups is 1. The van der Waals surface area contributed by atoms with E-state index >= 15 is 0 Å². The minimum Gasteiger partial charge on any atom is -0.343 e. The summed E-state index contributed by atoms with van der Waals surface area (Å²) in [6, 6.07) is 0.374. The van der Waals surface area contributed by atoms with Gasteiger partial charge < -0.3 is 10.2 Å². The molecule has 0 saturated carbocycles. The smallest absolute Gasteiger partial charge is 0.222 e. The second-order valence-electron chi connectivity index (χ2n) is 5.93. The largest absolute Gasteiger partial charge is 0.343 e. The minimum absolute atomic E-state index is 0.314. The summed E-state index contributed by atoms with van der Waals surface area (Å²) >= 11 is 0. The fraction of sp³-hybridized carbons (Fsp3) is 0.933. The molecule has 3 nitrogen and oxygen atoms in total. The van der Waals surface area contributed by atoms with E-state index in [0.717, 1.165) is 25.9 Å². The van der Waals surface area contributed by atoms with E-state index in [4.69, 9.17) is 0 Å². The number of hydrogen-bond donors (Lipinski definition) is 1. The Morgan fingerprint density at radius 3 is 2.72 bits per heavy atom. The SMILES string of the molecule is CCCC(C)N(C)C(=O)CC(C)C1CCCNC1. The topological polar surface area (TPSA) is 32.3 Å². The van der Waals surface area contributed by atoms with Crippen LogP contribution in [-0.4, -0.2) is 37.0 Å². The van der Waals surface area contributed by atoms with Crippen LogP contribution in [0.15, 0.2) is 0 Å². The van der Waals surface area contributed by atoms with Gasteiger partial charge in [0.15, 0.2) is 0 Å². The molecular formula is C15H30N2O. The molecule has 1 saturated heterocycles. The van der Waals surface area contributed by atoms with Gasteiger partial charge in [-0.2, -0.15) is 0 Å². The van der Waals surface area contributed by atoms with Crippen molar-refractivity contribution < 1.29 is 4.79 Å². The Bertz CT molecular complexity index is 249. The number of hydrogen-bond acceptors (Lipinski definition) is 2. The third-order valence-corrected chi connectivity index (χ3v) is 4.40. The molecular weight excluding hydrogens is 224 g/mol. The molecule has 0 bridgehead atoms. The molecule has 1 amide bonds. The average Bonchev–Trinajstić information content (AvgIpc) is 2.39. The normalized spacial score (nSPS) is 23.4. The molecule has 1 N–H and O–H groups in total. The first kappa shape index (κ1) is 15.5. The number of amides is 1. The van der Waals surface area contributed by atoms with Crippen molar-refractivity contribution in [2.24, 2.45) is 11.8 Å². The van der Waals surface area contributed by atoms with Gasteiger partial charge in [0.25, 0.3) is 0 Å². The summed E-state index contributed by atoms with van der Waals surface area (Å²) in [6.45, 7) is 8.78. The van der Waals surface area contributed by atoms with Crippen LogP contribution in [0.25, 0.3) is 0 Å². The van der Waals surface area contributed by atoms with Gasteiger partial charge in [-0.3, -0.25) is 4.79 Å². The highest BCUT2D eigenvalue weighted by atomic mass is 16.2. The molecule has 1 aliphatic heterocycles. The zero-order valence-corrected chi connectivity index (χ0v) is 12.5. The lowest BCUT2D eigenvalue weighted by molar-refractivity contribution is -0.133. The molecule has 0 aromatic carbocycles. The van der Waals surface area contributed by atoms with Gasteiger partial charge in [-0.1, -0.05) is 20.3 Å². The highest BCUT2D eigenvalue weighted by Crippen LogP contribution is 2.23. The van der Waals surface area contributed by atoms with Gasteiger partial charge in [0.05, 0.1) is 0 Å². The number of rotatable bonds is 6. The van der Waals surface area contributed by atoms with Crippen molar-refractivity contribution in [2.75, 3.05) is 20.1 Å². The lowest BCUT2D eigenvalue weighted by atomic mass is 9.85. The molecule has 18 heavy (non-hydrogen) atoms. The fourth-order valence-electron chi connectivity index (χ4n) is 2.81. The Morgan fingerprint density at radius 1 is 1.44 bits per heavy atom. The number of carbonyl (C=O) groups excluding carboxylic acids is 1. The van der Waals surface area contributed by atoms with Crippen molar-refractivity contribution in [2.45, 2.75) is 58.9 Å². The van der Waals surface area contributed by atoms with E-state index in [2.05, 4.69) is 26.1 Å². The third-order valence-electron chi connectivity index (χ3n) is 4.40. The number of piperidine rings is 1. The second kappa shape index (κ2) is 7.78. The zero-order chi connectivity index (χ0) is 13.5. The van der Waals surface area contributed by atoms with Crippen molar-refractivity contribution >= 4 is 5.91 Å². The third kappa shape index (κ3) is 4.60. The molecule has 3 unspecified atom stereocenters. The maximum absolute atomic E-state index is 12.2. The second-order valence-corrected chi connectivity index (χ2v) is 5.93. The van der Waals surface area contributed by atoms with Crippen LogP contribution in [0, 0.1) is 11.8 Å². The Labute approximate surface area is 112 Å². The van der Waals surface area contributed by atoms with E-state index in [-0.39, 0.29) is 0 Å². The van der Waals surface area contributed by atoms with Gasteiger partial charge in [0, 0.05) is 19.5 Å². The summed E-state index contributed by atoms with van der Waals surface area (Å²) in [6.07, 6.45) is 5.47. The first-order chi connectivity index (χ1) is 8.56. The van der Waals surface area contributed by atoms with Crippen LogP contribution < -0.4 is 5.32 Å². The molecule has 0 aromatic heterocycles. The van der Waals surface area contributed by atoms with E-state index in [1.807, 2.05) is 11.9 Å². The molecule has 3 heteroatoms. The van der Waals surface area contributed by atoms with Crippen molar-refractivity contribution in [1.82, 2.24) is 10.2 Å². The Kier molecular flexibility index (Phi) is 6.69. The summed E-state index contributed by atoms with van der Waals surface area (Å²) in [4.78, 5) is 14.2. The van der Waals surface area contributed by atoms with E-state index in [9.17, 15) is 4.79 Å². The Balaban J connectivity index is 2.37. The van der Waals surface area contributed by atoms with Crippen LogP contribution in [0.5, 0.6) is 0 Å². The highest BCUT2D eigenvalue weighted by Gasteiger charge is 2.24. The first-order valence-corrected chi connectivity index (χ1v) is 7.52. The molecule has 1 heterocycles. The molecule has 0 spiro atoms. The summed E-state index contributed by atoms with van der Waals surface area (Å²) in [5.41, 5.74) is 0. The highest BCUT2D eigenvalue weighted by molar-refractivity contribution is 5.76. The lowest BCUT2D eigenvalue weighted by Gasteiger charge is -2.31. The predicted octanol–water partition coefficient (Wildman–Crippen LogP) is 2.66. The van der Waals surface area contributed by atoms with Gasteiger partial charge in [0.2, 0.25) is 5.91 Å². The standard InChI is InChI=1S/C15H30N2O/c1-5-7-13(3)17(4)15(18)10-12(2)14-8-6-9-16-11-14/h12-14,16H,5-11H2,1-4H3. The summed E-state index contributed by atoms with van der Waals surface area (Å²) in [5, 5.41) is 3.44. The van der Waals surface area contributed by atoms with Crippen molar-refractivity contribution in [3.8, 4) is 0 Å². The molecule has 1 aliphatic rings. The summed E-state index contributed by atoms with van der Waals surface area (Å²) in [5.74, 6) is 1.49. The van der Waals surface area contributed by atoms with Crippen LogP contribution in [0.1, 0.15) is 52.9 Å². The fourth-order valence-corrected chi connectivity index (χ4v) is 2.81. The zero-order valence-electron chi connectivity index (χ0n) is 12.5. The van der Waals surface area contributed by atoms with Crippen LogP contribution in [-0.2, 0) is 4.79 Å². The average molecular weight is 254 g/mol. The Morgan fingerprint density at radius 2 is 2.17 bits per heavy atom. The molecule has 0 aromatic rings. The molecule has 106 valence electrons. The predicted molar refractivity (Wildman–Crippen MR) is 76.5 cm³/mol. The van der Waals surface area contributed by atoms with Gasteiger partial charge in [0.1, 0.15) is 0 Å². The van der Waals surface area contributed by atoms with E-state index in [1.54, 1.807) is 0 Å². The maximum Gasteiger partial charge on any atom is 0.222 e. The number of nitrogens with zero attached hydrogens (tertiary/aromatic N) is 1. The van der Waals surface area contributed by atoms with Crippen LogP contribution >= 0.6 is 0 Å². The summed E-state index contributed by atoms with van der Waals surface area (Å²) < 4.78 is 0. The monoisotopic (exact) mass is 254 g/mol. The quantitative estimate of drug-likeness (QED) is 0.790. The lowest BCUT2D eigenvalue weighted by Crippen LogP contribution is -2.38. The first-order valence-electron chi connectivity index (χ1n) is 7.52. The van der Waals surface area contributed by atoms with Crippen LogP contribution in [0.4, 0.5) is 0 Å². The van der Waals surface area contributed by atoms with Crippen LogP contribution in [0.2, 0.25) is 0 Å². The van der Waals surface area contributed by atoms with E-state index in [1.165, 1.54) is 12.8 Å². The van der Waals surface area contributed by atoms with Gasteiger partial charge >= 0.3 is 0 Å². The molecule has 3 atom stereocenters. The van der Waals surface area contributed by atoms with E-state index < -0.39 is 0 Å². The molecule has 0 radical (unpaired) electrons. The van der Waals surface area contributed by atoms with Crippen molar-refractivity contribution in [3.05, 3.63) is 0 Å². The maximum atomic E-state index is 12.2. The Hall–Kier alpha value is -0.570. The summed E-state index contributed by atoms with van der Waals surface area (Å²) in [7, 11) is 1.95. The van der Waals surface area contributed by atoms with Crippen molar-refractivity contribution in [1.29, 1.82) is 0 Å². The van der Waals surface area contributed by atoms with Gasteiger partial charge in [-0.05, 0) is 51.1 Å². The van der Waals surface area contributed by atoms with Crippen LogP contribution in [0.3, 0.4) is 0 Å². The molecule has 1 fully saturated rings. The van der Waals surface area contributed by atoms with Gasteiger partial charge in [-0.25, -0.2) is 0 Å².